The monoisotopic (exact) mass is 553 g/mol. The summed E-state index contributed by atoms with van der Waals surface area (Å²) in [7, 11) is 1.58. The molecule has 1 amide bonds. The average Bonchev–Trinajstić information content (AvgIpc) is 3.06. The summed E-state index contributed by atoms with van der Waals surface area (Å²) in [5.41, 5.74) is 6.31. The zero-order valence-corrected chi connectivity index (χ0v) is 23.3. The number of ether oxygens (including phenoxy) is 2. The van der Waals surface area contributed by atoms with E-state index >= 15 is 0 Å². The van der Waals surface area contributed by atoms with E-state index in [9.17, 15) is 4.79 Å². The number of hydrogen-bond donors (Lipinski definition) is 2. The van der Waals surface area contributed by atoms with E-state index in [1.807, 2.05) is 66.7 Å². The fourth-order valence-corrected chi connectivity index (χ4v) is 4.56. The second kappa shape index (κ2) is 13.7. The predicted octanol–water partition coefficient (Wildman–Crippen LogP) is 7.28. The lowest BCUT2D eigenvalue weighted by Gasteiger charge is -2.21. The molecule has 0 heterocycles. The third-order valence-corrected chi connectivity index (χ3v) is 6.87. The van der Waals surface area contributed by atoms with E-state index in [1.165, 1.54) is 5.56 Å². The number of rotatable bonds is 11. The quantitative estimate of drug-likeness (QED) is 0.180. The summed E-state index contributed by atoms with van der Waals surface area (Å²) in [5, 5.41) is 15.5. The third kappa shape index (κ3) is 7.15. The summed E-state index contributed by atoms with van der Waals surface area (Å²) in [5.74, 6) is 0.906. The smallest absolute Gasteiger partial charge is 0.247 e. The lowest BCUT2D eigenvalue weighted by atomic mass is 10.0. The predicted molar refractivity (Wildman–Crippen MR) is 165 cm³/mol. The number of amides is 1. The molecule has 0 aliphatic heterocycles. The first-order valence-corrected chi connectivity index (χ1v) is 13.7. The van der Waals surface area contributed by atoms with E-state index in [4.69, 9.17) is 14.7 Å². The first-order valence-electron chi connectivity index (χ1n) is 13.7. The molecule has 0 radical (unpaired) electrons. The van der Waals surface area contributed by atoms with Gasteiger partial charge in [0.2, 0.25) is 5.91 Å². The molecular weight excluding hydrogens is 522 g/mol. The minimum atomic E-state index is -0.713. The van der Waals surface area contributed by atoms with Gasteiger partial charge in [-0.3, -0.25) is 4.79 Å². The highest BCUT2D eigenvalue weighted by molar-refractivity contribution is 5.86. The van der Waals surface area contributed by atoms with Crippen molar-refractivity contribution >= 4 is 11.6 Å². The molecule has 42 heavy (non-hydrogen) atoms. The Labute approximate surface area is 246 Å². The van der Waals surface area contributed by atoms with Gasteiger partial charge in [-0.25, -0.2) is 0 Å². The molecule has 0 aliphatic rings. The number of nitriles is 1. The maximum atomic E-state index is 13.5. The van der Waals surface area contributed by atoms with E-state index in [1.54, 1.807) is 31.4 Å². The van der Waals surface area contributed by atoms with Crippen molar-refractivity contribution in [3.8, 4) is 28.7 Å². The third-order valence-electron chi connectivity index (χ3n) is 6.87. The number of methoxy groups -OCH3 is 1. The van der Waals surface area contributed by atoms with Gasteiger partial charge < -0.3 is 20.1 Å². The van der Waals surface area contributed by atoms with Gasteiger partial charge in [0.05, 0.1) is 18.7 Å². The van der Waals surface area contributed by atoms with Crippen molar-refractivity contribution in [2.75, 3.05) is 12.4 Å². The van der Waals surface area contributed by atoms with Crippen LogP contribution in [0.1, 0.15) is 28.3 Å². The first-order chi connectivity index (χ1) is 20.6. The number of nitrogens with one attached hydrogen (secondary N) is 2. The molecule has 0 saturated carbocycles. The van der Waals surface area contributed by atoms with Crippen LogP contribution >= 0.6 is 0 Å². The lowest BCUT2D eigenvalue weighted by Crippen LogP contribution is -2.33. The van der Waals surface area contributed by atoms with Crippen molar-refractivity contribution in [3.63, 3.8) is 0 Å². The van der Waals surface area contributed by atoms with Crippen LogP contribution in [0.5, 0.6) is 11.5 Å². The molecule has 0 aliphatic carbocycles. The lowest BCUT2D eigenvalue weighted by molar-refractivity contribution is -0.122. The van der Waals surface area contributed by atoms with Crippen molar-refractivity contribution in [1.29, 1.82) is 5.26 Å². The largest absolute Gasteiger partial charge is 0.493 e. The highest BCUT2D eigenvalue weighted by atomic mass is 16.5. The Balaban J connectivity index is 1.32. The molecule has 0 spiro atoms. The van der Waals surface area contributed by atoms with Crippen LogP contribution in [0.3, 0.4) is 0 Å². The van der Waals surface area contributed by atoms with Crippen LogP contribution in [0.4, 0.5) is 5.69 Å². The molecule has 0 bridgehead atoms. The van der Waals surface area contributed by atoms with Crippen LogP contribution in [0.15, 0.2) is 127 Å². The van der Waals surface area contributed by atoms with Crippen LogP contribution in [0.2, 0.25) is 0 Å². The summed E-state index contributed by atoms with van der Waals surface area (Å²) in [4.78, 5) is 13.5. The van der Waals surface area contributed by atoms with Crippen LogP contribution in [0.25, 0.3) is 11.1 Å². The maximum absolute atomic E-state index is 13.5. The summed E-state index contributed by atoms with van der Waals surface area (Å²) in [6, 6.07) is 42.2. The van der Waals surface area contributed by atoms with Gasteiger partial charge in [0.1, 0.15) is 12.6 Å². The highest BCUT2D eigenvalue weighted by Gasteiger charge is 2.22. The second-order valence-electron chi connectivity index (χ2n) is 9.73. The standard InChI is InChI=1S/C36H31N3O3/c1-41-34-22-31(18-21-33(34)42-25-28-12-16-30(17-13-28)29-10-6-3-7-11-29)35(39-32-19-14-26(23-37)15-20-32)36(40)38-24-27-8-4-2-5-9-27/h2-22,35,39H,24-25H2,1H3,(H,38,40). The Morgan fingerprint density at radius 1 is 0.762 bits per heavy atom. The molecule has 5 aromatic carbocycles. The Morgan fingerprint density at radius 3 is 2.10 bits per heavy atom. The topological polar surface area (TPSA) is 83.4 Å². The number of carbonyl (C=O) groups excluding carboxylic acids is 1. The van der Waals surface area contributed by atoms with Crippen molar-refractivity contribution in [3.05, 3.63) is 150 Å². The van der Waals surface area contributed by atoms with E-state index in [0.717, 1.165) is 16.7 Å². The van der Waals surface area contributed by atoms with Gasteiger partial charge >= 0.3 is 0 Å². The molecule has 2 N–H and O–H groups in total. The van der Waals surface area contributed by atoms with E-state index in [2.05, 4.69) is 53.1 Å². The highest BCUT2D eigenvalue weighted by Crippen LogP contribution is 2.33. The van der Waals surface area contributed by atoms with Crippen LogP contribution in [0, 0.1) is 11.3 Å². The van der Waals surface area contributed by atoms with Gasteiger partial charge in [0.25, 0.3) is 0 Å². The molecule has 208 valence electrons. The fourth-order valence-electron chi connectivity index (χ4n) is 4.56. The van der Waals surface area contributed by atoms with Crippen LogP contribution < -0.4 is 20.1 Å². The SMILES string of the molecule is COc1cc(C(Nc2ccc(C#N)cc2)C(=O)NCc2ccccc2)ccc1OCc1ccc(-c2ccccc2)cc1. The Kier molecular flexibility index (Phi) is 9.13. The number of carbonyl (C=O) groups is 1. The maximum Gasteiger partial charge on any atom is 0.247 e. The summed E-state index contributed by atoms with van der Waals surface area (Å²) < 4.78 is 11.8. The molecule has 0 saturated heterocycles. The number of anilines is 1. The van der Waals surface area contributed by atoms with Crippen molar-refractivity contribution < 1.29 is 14.3 Å². The molecule has 5 aromatic rings. The van der Waals surface area contributed by atoms with Gasteiger partial charge in [0, 0.05) is 12.2 Å². The molecule has 1 unspecified atom stereocenters. The average molecular weight is 554 g/mol. The molecule has 6 heteroatoms. The van der Waals surface area contributed by atoms with Crippen LogP contribution in [-0.2, 0) is 17.9 Å². The minimum absolute atomic E-state index is 0.197. The number of benzene rings is 5. The van der Waals surface area contributed by atoms with Gasteiger partial charge in [0.15, 0.2) is 11.5 Å². The van der Waals surface area contributed by atoms with Crippen LogP contribution in [-0.4, -0.2) is 13.0 Å². The molecular formula is C36H31N3O3. The Morgan fingerprint density at radius 2 is 1.43 bits per heavy atom. The first kappa shape index (κ1) is 28.0. The van der Waals surface area contributed by atoms with E-state index < -0.39 is 6.04 Å². The van der Waals surface area contributed by atoms with Crippen molar-refractivity contribution in [2.24, 2.45) is 0 Å². The molecule has 1 atom stereocenters. The summed E-state index contributed by atoms with van der Waals surface area (Å²) in [6.07, 6.45) is 0. The van der Waals surface area contributed by atoms with E-state index in [-0.39, 0.29) is 5.91 Å². The number of hydrogen-bond acceptors (Lipinski definition) is 5. The zero-order valence-electron chi connectivity index (χ0n) is 23.3. The van der Waals surface area contributed by atoms with E-state index in [0.29, 0.717) is 41.5 Å². The van der Waals surface area contributed by atoms with Gasteiger partial charge in [-0.15, -0.1) is 0 Å². The Bertz CT molecular complexity index is 1650. The molecule has 6 nitrogen and oxygen atoms in total. The van der Waals surface area contributed by atoms with Gasteiger partial charge in [-0.2, -0.15) is 5.26 Å². The second-order valence-corrected chi connectivity index (χ2v) is 9.73. The van der Waals surface area contributed by atoms with Crippen molar-refractivity contribution in [2.45, 2.75) is 19.2 Å². The van der Waals surface area contributed by atoms with Crippen molar-refractivity contribution in [1.82, 2.24) is 5.32 Å². The normalized spacial score (nSPS) is 11.1. The Hall–Kier alpha value is -5.54. The minimum Gasteiger partial charge on any atom is -0.493 e. The van der Waals surface area contributed by atoms with Gasteiger partial charge in [-0.05, 0) is 64.2 Å². The zero-order chi connectivity index (χ0) is 29.1. The molecule has 0 aromatic heterocycles. The molecule has 5 rings (SSSR count). The summed E-state index contributed by atoms with van der Waals surface area (Å²) >= 11 is 0. The summed E-state index contributed by atoms with van der Waals surface area (Å²) in [6.45, 7) is 0.766. The van der Waals surface area contributed by atoms with Gasteiger partial charge in [-0.1, -0.05) is 91.0 Å². The fraction of sp³-hybridized carbons (Fsp3) is 0.111. The number of nitrogens with zero attached hydrogens (tertiary/aromatic N) is 1. The molecule has 0 fully saturated rings.